The average Bonchev–Trinajstić information content (AvgIpc) is 3.32. The van der Waals surface area contributed by atoms with Crippen LogP contribution in [-0.4, -0.2) is 10.5 Å². The molecule has 156 valence electrons. The Morgan fingerprint density at radius 3 is 2.74 bits per heavy atom. The molecule has 0 saturated heterocycles. The van der Waals surface area contributed by atoms with Gasteiger partial charge in [-0.15, -0.1) is 11.3 Å². The number of anilines is 1. The van der Waals surface area contributed by atoms with Gasteiger partial charge >= 0.3 is 0 Å². The summed E-state index contributed by atoms with van der Waals surface area (Å²) < 4.78 is 2.28. The van der Waals surface area contributed by atoms with Crippen molar-refractivity contribution >= 4 is 33.1 Å². The Morgan fingerprint density at radius 1 is 1.06 bits per heavy atom. The smallest absolute Gasteiger partial charge is 0.256 e. The molecular formula is C26H25N3OS. The quantitative estimate of drug-likeness (QED) is 0.439. The maximum absolute atomic E-state index is 13.2. The van der Waals surface area contributed by atoms with E-state index in [4.69, 9.17) is 0 Å². The summed E-state index contributed by atoms with van der Waals surface area (Å²) in [6, 6.07) is 18.9. The molecule has 2 atom stereocenters. The summed E-state index contributed by atoms with van der Waals surface area (Å²) >= 11 is 1.78. The largest absolute Gasteiger partial charge is 0.353 e. The molecule has 31 heavy (non-hydrogen) atoms. The molecule has 3 heterocycles. The number of hydrogen-bond donors (Lipinski definition) is 2. The number of nitrogens with one attached hydrogen (secondary N) is 2. The van der Waals surface area contributed by atoms with Gasteiger partial charge < -0.3 is 15.2 Å². The van der Waals surface area contributed by atoms with Crippen LogP contribution in [0.1, 0.15) is 51.4 Å². The van der Waals surface area contributed by atoms with E-state index < -0.39 is 0 Å². The fraction of sp³-hybridized carbons (Fsp3) is 0.269. The molecule has 4 aromatic rings. The number of nitrogens with zero attached hydrogens (tertiary/aromatic N) is 1. The highest BCUT2D eigenvalue weighted by molar-refractivity contribution is 7.16. The summed E-state index contributed by atoms with van der Waals surface area (Å²) in [5, 5.41) is 9.12. The van der Waals surface area contributed by atoms with Crippen LogP contribution in [0.4, 0.5) is 5.00 Å². The standard InChI is InChI=1S/C26H25N3OS/c1-16-11-12-19-22(13-16)31-26-23(19)25(30)27-24(28-26)20-15-29(14-17-7-3-2-4-8-17)21-10-6-5-9-18(20)21/h2-10,15-16,24,28H,11-14H2,1H3,(H,27,30). The third-order valence-corrected chi connectivity index (χ3v) is 7.80. The molecule has 1 aliphatic carbocycles. The van der Waals surface area contributed by atoms with Crippen molar-refractivity contribution in [1.29, 1.82) is 0 Å². The molecule has 0 saturated carbocycles. The molecule has 0 bridgehead atoms. The second-order valence-electron chi connectivity index (χ2n) is 8.82. The first kappa shape index (κ1) is 18.7. The van der Waals surface area contributed by atoms with E-state index in [1.807, 2.05) is 6.07 Å². The SMILES string of the molecule is CC1CCc2c(sc3c2C(=O)NC(c2cn(Cc4ccccc4)c4ccccc24)N3)C1. The minimum absolute atomic E-state index is 0.0608. The summed E-state index contributed by atoms with van der Waals surface area (Å²) in [7, 11) is 0. The van der Waals surface area contributed by atoms with Crippen LogP contribution in [0.15, 0.2) is 60.8 Å². The van der Waals surface area contributed by atoms with Gasteiger partial charge in [-0.1, -0.05) is 55.5 Å². The average molecular weight is 428 g/mol. The Morgan fingerprint density at radius 2 is 1.87 bits per heavy atom. The fourth-order valence-electron chi connectivity index (χ4n) is 5.03. The molecule has 5 heteroatoms. The van der Waals surface area contributed by atoms with E-state index in [2.05, 4.69) is 76.9 Å². The van der Waals surface area contributed by atoms with Crippen LogP contribution < -0.4 is 10.6 Å². The molecular weight excluding hydrogens is 402 g/mol. The van der Waals surface area contributed by atoms with Crippen molar-refractivity contribution < 1.29 is 4.79 Å². The van der Waals surface area contributed by atoms with Gasteiger partial charge in [0.15, 0.2) is 0 Å². The van der Waals surface area contributed by atoms with E-state index in [1.165, 1.54) is 33.3 Å². The highest BCUT2D eigenvalue weighted by Gasteiger charge is 2.34. The fourth-order valence-corrected chi connectivity index (χ4v) is 6.47. The van der Waals surface area contributed by atoms with Crippen molar-refractivity contribution in [2.24, 2.45) is 5.92 Å². The minimum Gasteiger partial charge on any atom is -0.353 e. The first-order valence-corrected chi connectivity index (χ1v) is 11.8. The predicted molar refractivity (Wildman–Crippen MR) is 127 cm³/mol. The number of aromatic nitrogens is 1. The molecule has 2 aromatic heterocycles. The predicted octanol–water partition coefficient (Wildman–Crippen LogP) is 5.73. The Hall–Kier alpha value is -3.05. The number of benzene rings is 2. The zero-order valence-corrected chi connectivity index (χ0v) is 18.3. The molecule has 1 amide bonds. The van der Waals surface area contributed by atoms with Crippen LogP contribution >= 0.6 is 11.3 Å². The van der Waals surface area contributed by atoms with Crippen molar-refractivity contribution in [3.05, 3.63) is 87.9 Å². The normalized spacial score (nSPS) is 20.1. The van der Waals surface area contributed by atoms with E-state index >= 15 is 0 Å². The third-order valence-electron chi connectivity index (χ3n) is 6.62. The van der Waals surface area contributed by atoms with Crippen LogP contribution in [0.3, 0.4) is 0 Å². The molecule has 2 aliphatic rings. The summed E-state index contributed by atoms with van der Waals surface area (Å²) in [5.41, 5.74) is 5.72. The van der Waals surface area contributed by atoms with Crippen molar-refractivity contribution in [1.82, 2.24) is 9.88 Å². The highest BCUT2D eigenvalue weighted by Crippen LogP contribution is 2.43. The van der Waals surface area contributed by atoms with E-state index in [-0.39, 0.29) is 12.1 Å². The summed E-state index contributed by atoms with van der Waals surface area (Å²) in [5.74, 6) is 0.758. The summed E-state index contributed by atoms with van der Waals surface area (Å²) in [6.07, 6.45) is 5.23. The van der Waals surface area contributed by atoms with Gasteiger partial charge in [0, 0.05) is 34.1 Å². The molecule has 4 nitrogen and oxygen atoms in total. The molecule has 0 fully saturated rings. The van der Waals surface area contributed by atoms with Gasteiger partial charge in [0.1, 0.15) is 11.2 Å². The molecule has 6 rings (SSSR count). The van der Waals surface area contributed by atoms with Crippen molar-refractivity contribution in [2.45, 2.75) is 38.9 Å². The molecule has 0 radical (unpaired) electrons. The molecule has 2 N–H and O–H groups in total. The number of rotatable bonds is 3. The maximum atomic E-state index is 13.2. The number of thiophene rings is 1. The van der Waals surface area contributed by atoms with Gasteiger partial charge in [-0.3, -0.25) is 4.79 Å². The van der Waals surface area contributed by atoms with Crippen molar-refractivity contribution in [3.63, 3.8) is 0 Å². The van der Waals surface area contributed by atoms with Gasteiger partial charge in [-0.25, -0.2) is 0 Å². The lowest BCUT2D eigenvalue weighted by atomic mass is 9.88. The molecule has 1 aliphatic heterocycles. The van der Waals surface area contributed by atoms with Crippen LogP contribution in [0.25, 0.3) is 10.9 Å². The second-order valence-corrected chi connectivity index (χ2v) is 9.93. The van der Waals surface area contributed by atoms with E-state index in [1.54, 1.807) is 11.3 Å². The first-order valence-electron chi connectivity index (χ1n) is 11.0. The van der Waals surface area contributed by atoms with Crippen LogP contribution in [0, 0.1) is 5.92 Å². The van der Waals surface area contributed by atoms with Crippen molar-refractivity contribution in [3.8, 4) is 0 Å². The Kier molecular flexibility index (Phi) is 4.39. The molecule has 2 aromatic carbocycles. The number of carbonyl (C=O) groups excluding carboxylic acids is 1. The summed E-state index contributed by atoms with van der Waals surface area (Å²) in [4.78, 5) is 14.6. The number of fused-ring (bicyclic) bond motifs is 4. The van der Waals surface area contributed by atoms with Crippen LogP contribution in [-0.2, 0) is 19.4 Å². The third kappa shape index (κ3) is 3.15. The number of para-hydroxylation sites is 1. The minimum atomic E-state index is -0.223. The topological polar surface area (TPSA) is 46.1 Å². The molecule has 2 unspecified atom stereocenters. The van der Waals surface area contributed by atoms with Gasteiger partial charge in [0.25, 0.3) is 5.91 Å². The Bertz CT molecular complexity index is 1290. The zero-order chi connectivity index (χ0) is 20.9. The highest BCUT2D eigenvalue weighted by atomic mass is 32.1. The lowest BCUT2D eigenvalue weighted by Gasteiger charge is -2.26. The van der Waals surface area contributed by atoms with Crippen LogP contribution in [0.5, 0.6) is 0 Å². The Balaban J connectivity index is 1.39. The Labute approximate surface area is 185 Å². The van der Waals surface area contributed by atoms with Gasteiger partial charge in [0.05, 0.1) is 5.56 Å². The number of amides is 1. The monoisotopic (exact) mass is 427 g/mol. The van der Waals surface area contributed by atoms with Crippen LogP contribution in [0.2, 0.25) is 0 Å². The summed E-state index contributed by atoms with van der Waals surface area (Å²) in [6.45, 7) is 3.11. The zero-order valence-electron chi connectivity index (χ0n) is 17.5. The van der Waals surface area contributed by atoms with Gasteiger partial charge in [0.2, 0.25) is 0 Å². The molecule has 0 spiro atoms. The maximum Gasteiger partial charge on any atom is 0.256 e. The van der Waals surface area contributed by atoms with Gasteiger partial charge in [-0.05, 0) is 42.4 Å². The second kappa shape index (κ2) is 7.27. The lowest BCUT2D eigenvalue weighted by molar-refractivity contribution is 0.0935. The van der Waals surface area contributed by atoms with E-state index in [0.717, 1.165) is 35.5 Å². The first-order chi connectivity index (χ1) is 15.2. The van der Waals surface area contributed by atoms with E-state index in [9.17, 15) is 4.79 Å². The van der Waals surface area contributed by atoms with Gasteiger partial charge in [-0.2, -0.15) is 0 Å². The van der Waals surface area contributed by atoms with Crippen molar-refractivity contribution in [2.75, 3.05) is 5.32 Å². The lowest BCUT2D eigenvalue weighted by Crippen LogP contribution is -2.38. The van der Waals surface area contributed by atoms with E-state index in [0.29, 0.717) is 5.92 Å². The number of hydrogen-bond acceptors (Lipinski definition) is 3. The number of carbonyl (C=O) groups is 1.